The number of anilines is 2. The summed E-state index contributed by atoms with van der Waals surface area (Å²) in [5, 5.41) is 11.5. The molecule has 0 bridgehead atoms. The van der Waals surface area contributed by atoms with Crippen LogP contribution in [0.2, 0.25) is 0 Å². The molecule has 2 aromatic rings. The number of unbranched alkanes of at least 4 members (excludes halogenated alkanes) is 1. The van der Waals surface area contributed by atoms with E-state index in [0.717, 1.165) is 12.8 Å². The van der Waals surface area contributed by atoms with E-state index in [1.54, 1.807) is 48.5 Å². The van der Waals surface area contributed by atoms with Crippen molar-refractivity contribution in [2.75, 3.05) is 23.7 Å². The summed E-state index contributed by atoms with van der Waals surface area (Å²) in [6.07, 6.45) is 1.95. The van der Waals surface area contributed by atoms with E-state index >= 15 is 0 Å². The molecule has 0 heterocycles. The van der Waals surface area contributed by atoms with E-state index in [1.165, 1.54) is 0 Å². The maximum Gasteiger partial charge on any atom is 0.251 e. The molecule has 0 aromatic heterocycles. The van der Waals surface area contributed by atoms with Crippen LogP contribution in [0.15, 0.2) is 48.5 Å². The fraction of sp³-hybridized carbons (Fsp3) is 0.348. The lowest BCUT2D eigenvalue weighted by Crippen LogP contribution is -2.30. The Bertz CT molecular complexity index is 880. The molecule has 0 unspecified atom stereocenters. The minimum atomic E-state index is -0.255. The molecule has 0 spiro atoms. The number of nitrogens with one attached hydrogen (secondary N) is 4. The molecular formula is C23H30N4O3. The van der Waals surface area contributed by atoms with Crippen LogP contribution in [0.4, 0.5) is 11.4 Å². The third-order valence-electron chi connectivity index (χ3n) is 4.22. The first-order valence-electron chi connectivity index (χ1n) is 10.2. The van der Waals surface area contributed by atoms with Gasteiger partial charge in [0.25, 0.3) is 11.8 Å². The standard InChI is InChI=1S/C23H30N4O3/c1-4-5-12-24-22(29)17-8-6-10-19(13-17)25-15-21(28)27-20-11-7-9-18(14-20)23(30)26-16(2)3/h6-11,13-14,16,25H,4-5,12,15H2,1-3H3,(H,24,29)(H,26,30)(H,27,28). The second-order valence-corrected chi connectivity index (χ2v) is 7.30. The Morgan fingerprint density at radius 3 is 2.20 bits per heavy atom. The van der Waals surface area contributed by atoms with E-state index in [1.807, 2.05) is 13.8 Å². The van der Waals surface area contributed by atoms with Gasteiger partial charge in [0.15, 0.2) is 0 Å². The highest BCUT2D eigenvalue weighted by Crippen LogP contribution is 2.13. The quantitative estimate of drug-likeness (QED) is 0.451. The molecule has 0 aliphatic rings. The van der Waals surface area contributed by atoms with Gasteiger partial charge in [-0.05, 0) is 56.7 Å². The van der Waals surface area contributed by atoms with Crippen molar-refractivity contribution >= 4 is 29.1 Å². The number of hydrogen-bond acceptors (Lipinski definition) is 4. The maximum absolute atomic E-state index is 12.3. The van der Waals surface area contributed by atoms with Crippen molar-refractivity contribution in [3.8, 4) is 0 Å². The molecule has 2 aromatic carbocycles. The predicted molar refractivity (Wildman–Crippen MR) is 120 cm³/mol. The summed E-state index contributed by atoms with van der Waals surface area (Å²) in [5.74, 6) is -0.574. The van der Waals surface area contributed by atoms with Crippen LogP contribution in [0.3, 0.4) is 0 Å². The summed E-state index contributed by atoms with van der Waals surface area (Å²) >= 11 is 0. The van der Waals surface area contributed by atoms with Gasteiger partial charge in [0, 0.05) is 35.1 Å². The van der Waals surface area contributed by atoms with Crippen molar-refractivity contribution in [2.24, 2.45) is 0 Å². The molecule has 0 saturated heterocycles. The largest absolute Gasteiger partial charge is 0.376 e. The van der Waals surface area contributed by atoms with E-state index in [2.05, 4.69) is 28.2 Å². The van der Waals surface area contributed by atoms with Crippen LogP contribution in [-0.2, 0) is 4.79 Å². The summed E-state index contributed by atoms with van der Waals surface area (Å²) in [7, 11) is 0. The Kier molecular flexibility index (Phi) is 8.87. The summed E-state index contributed by atoms with van der Waals surface area (Å²) in [6.45, 7) is 6.52. The molecule has 0 atom stereocenters. The summed E-state index contributed by atoms with van der Waals surface area (Å²) in [6, 6.07) is 13.8. The zero-order valence-electron chi connectivity index (χ0n) is 17.7. The van der Waals surface area contributed by atoms with Crippen LogP contribution >= 0.6 is 0 Å². The normalized spacial score (nSPS) is 10.4. The average molecular weight is 411 g/mol. The van der Waals surface area contributed by atoms with Gasteiger partial charge in [-0.2, -0.15) is 0 Å². The van der Waals surface area contributed by atoms with E-state index < -0.39 is 0 Å². The van der Waals surface area contributed by atoms with Crippen LogP contribution < -0.4 is 21.3 Å². The number of amides is 3. The van der Waals surface area contributed by atoms with Crippen LogP contribution in [0.1, 0.15) is 54.3 Å². The number of rotatable bonds is 10. The highest BCUT2D eigenvalue weighted by atomic mass is 16.2. The molecule has 4 N–H and O–H groups in total. The zero-order chi connectivity index (χ0) is 21.9. The second-order valence-electron chi connectivity index (χ2n) is 7.30. The first-order chi connectivity index (χ1) is 14.4. The first kappa shape index (κ1) is 22.9. The van der Waals surface area contributed by atoms with E-state index in [-0.39, 0.29) is 30.3 Å². The molecule has 0 saturated carbocycles. The van der Waals surface area contributed by atoms with E-state index in [9.17, 15) is 14.4 Å². The fourth-order valence-corrected chi connectivity index (χ4v) is 2.72. The Balaban J connectivity index is 1.90. The Hall–Kier alpha value is -3.35. The van der Waals surface area contributed by atoms with Gasteiger partial charge in [-0.1, -0.05) is 25.5 Å². The van der Waals surface area contributed by atoms with Crippen LogP contribution in [0, 0.1) is 0 Å². The Morgan fingerprint density at radius 2 is 1.53 bits per heavy atom. The molecule has 2 rings (SSSR count). The zero-order valence-corrected chi connectivity index (χ0v) is 17.7. The summed E-state index contributed by atoms with van der Waals surface area (Å²) < 4.78 is 0. The third-order valence-corrected chi connectivity index (χ3v) is 4.22. The van der Waals surface area contributed by atoms with Crippen molar-refractivity contribution in [3.63, 3.8) is 0 Å². The Labute approximate surface area is 177 Å². The van der Waals surface area contributed by atoms with Gasteiger partial charge in [0.05, 0.1) is 6.54 Å². The number of carbonyl (C=O) groups excluding carboxylic acids is 3. The third kappa shape index (κ3) is 7.58. The van der Waals surface area contributed by atoms with Gasteiger partial charge in [0.2, 0.25) is 5.91 Å². The highest BCUT2D eigenvalue weighted by Gasteiger charge is 2.10. The topological polar surface area (TPSA) is 99.3 Å². The van der Waals surface area contributed by atoms with Gasteiger partial charge in [0.1, 0.15) is 0 Å². The lowest BCUT2D eigenvalue weighted by Gasteiger charge is -2.11. The van der Waals surface area contributed by atoms with E-state index in [0.29, 0.717) is 29.0 Å². The van der Waals surface area contributed by atoms with Gasteiger partial charge < -0.3 is 21.3 Å². The molecule has 7 nitrogen and oxygen atoms in total. The molecule has 0 fully saturated rings. The fourth-order valence-electron chi connectivity index (χ4n) is 2.72. The molecular weight excluding hydrogens is 380 g/mol. The highest BCUT2D eigenvalue weighted by molar-refractivity contribution is 5.98. The molecule has 160 valence electrons. The monoisotopic (exact) mass is 410 g/mol. The number of benzene rings is 2. The second kappa shape index (κ2) is 11.6. The van der Waals surface area contributed by atoms with Gasteiger partial charge in [-0.3, -0.25) is 14.4 Å². The molecule has 0 aliphatic carbocycles. The van der Waals surface area contributed by atoms with Crippen molar-refractivity contribution in [3.05, 3.63) is 59.7 Å². The van der Waals surface area contributed by atoms with Crippen LogP contribution in [0.5, 0.6) is 0 Å². The smallest absolute Gasteiger partial charge is 0.251 e. The molecule has 30 heavy (non-hydrogen) atoms. The lowest BCUT2D eigenvalue weighted by molar-refractivity contribution is -0.114. The van der Waals surface area contributed by atoms with Crippen LogP contribution in [-0.4, -0.2) is 36.9 Å². The first-order valence-corrected chi connectivity index (χ1v) is 10.2. The summed E-state index contributed by atoms with van der Waals surface area (Å²) in [5.41, 5.74) is 2.25. The minimum Gasteiger partial charge on any atom is -0.376 e. The number of carbonyl (C=O) groups is 3. The van der Waals surface area contributed by atoms with Crippen LogP contribution in [0.25, 0.3) is 0 Å². The van der Waals surface area contributed by atoms with Crippen molar-refractivity contribution in [1.82, 2.24) is 10.6 Å². The molecule has 3 amide bonds. The lowest BCUT2D eigenvalue weighted by atomic mass is 10.1. The van der Waals surface area contributed by atoms with Crippen molar-refractivity contribution < 1.29 is 14.4 Å². The molecule has 7 heteroatoms. The van der Waals surface area contributed by atoms with Crippen molar-refractivity contribution in [2.45, 2.75) is 39.7 Å². The van der Waals surface area contributed by atoms with Gasteiger partial charge >= 0.3 is 0 Å². The Morgan fingerprint density at radius 1 is 0.900 bits per heavy atom. The predicted octanol–water partition coefficient (Wildman–Crippen LogP) is 3.41. The maximum atomic E-state index is 12.3. The average Bonchev–Trinajstić information content (AvgIpc) is 2.72. The molecule has 0 aliphatic heterocycles. The van der Waals surface area contributed by atoms with Gasteiger partial charge in [-0.25, -0.2) is 0 Å². The summed E-state index contributed by atoms with van der Waals surface area (Å²) in [4.78, 5) is 36.5. The van der Waals surface area contributed by atoms with E-state index in [4.69, 9.17) is 0 Å². The SMILES string of the molecule is CCCCNC(=O)c1cccc(NCC(=O)Nc2cccc(C(=O)NC(C)C)c2)c1. The minimum absolute atomic E-state index is 0.0311. The molecule has 0 radical (unpaired) electrons. The number of hydrogen-bond donors (Lipinski definition) is 4. The van der Waals surface area contributed by atoms with Crippen molar-refractivity contribution in [1.29, 1.82) is 0 Å². The van der Waals surface area contributed by atoms with Gasteiger partial charge in [-0.15, -0.1) is 0 Å².